The molecule has 1 fully saturated rings. The molecule has 1 N–H and O–H groups in total. The first-order valence-electron chi connectivity index (χ1n) is 7.86. The van der Waals surface area contributed by atoms with E-state index in [0.717, 1.165) is 37.1 Å². The first-order chi connectivity index (χ1) is 10.7. The predicted octanol–water partition coefficient (Wildman–Crippen LogP) is 2.86. The molecule has 0 spiro atoms. The molecule has 2 rings (SSSR count). The molecule has 0 bridgehead atoms. The first kappa shape index (κ1) is 17.4. The molecule has 0 aromatic heterocycles. The number of nitrogens with zero attached hydrogens (tertiary/aromatic N) is 1. The summed E-state index contributed by atoms with van der Waals surface area (Å²) in [5.41, 5.74) is 1.30. The fourth-order valence-corrected chi connectivity index (χ4v) is 3.70. The van der Waals surface area contributed by atoms with Crippen molar-refractivity contribution in [2.45, 2.75) is 24.3 Å². The minimum absolute atomic E-state index is 0.761. The van der Waals surface area contributed by atoms with Gasteiger partial charge in [0.05, 0.1) is 14.2 Å². The summed E-state index contributed by atoms with van der Waals surface area (Å²) in [6, 6.07) is 4.19. The summed E-state index contributed by atoms with van der Waals surface area (Å²) < 4.78 is 10.8. The lowest BCUT2D eigenvalue weighted by molar-refractivity contribution is 0.236. The molecule has 1 aromatic rings. The van der Waals surface area contributed by atoms with Crippen molar-refractivity contribution < 1.29 is 9.47 Å². The van der Waals surface area contributed by atoms with E-state index >= 15 is 0 Å². The van der Waals surface area contributed by atoms with E-state index in [1.165, 1.54) is 29.8 Å². The van der Waals surface area contributed by atoms with Crippen LogP contribution in [0.5, 0.6) is 11.5 Å². The molecule has 0 saturated carbocycles. The van der Waals surface area contributed by atoms with Gasteiger partial charge in [-0.15, -0.1) is 11.8 Å². The predicted molar refractivity (Wildman–Crippen MR) is 93.3 cm³/mol. The molecule has 1 atom stereocenters. The highest BCUT2D eigenvalue weighted by Gasteiger charge is 2.17. The zero-order chi connectivity index (χ0) is 15.9. The number of rotatable bonds is 7. The maximum absolute atomic E-state index is 5.45. The Bertz CT molecular complexity index is 476. The van der Waals surface area contributed by atoms with E-state index in [9.17, 15) is 0 Å². The minimum atomic E-state index is 0.761. The van der Waals surface area contributed by atoms with Gasteiger partial charge in [-0.05, 0) is 62.8 Å². The summed E-state index contributed by atoms with van der Waals surface area (Å²) in [7, 11) is 5.58. The smallest absolute Gasteiger partial charge is 0.161 e. The molecule has 124 valence electrons. The topological polar surface area (TPSA) is 33.7 Å². The standard InChI is InChI=1S/C17H28N2O2S/c1-19(11-13-6-5-7-18-10-13)12-14-8-15(20-2)16(21-3)9-17(14)22-4/h8-9,13,18H,5-7,10-12H2,1-4H3. The van der Waals surface area contributed by atoms with Crippen LogP contribution in [0.15, 0.2) is 17.0 Å². The van der Waals surface area contributed by atoms with Crippen LogP contribution in [-0.4, -0.2) is 52.1 Å². The molecule has 1 heterocycles. The van der Waals surface area contributed by atoms with Gasteiger partial charge < -0.3 is 19.7 Å². The van der Waals surface area contributed by atoms with E-state index in [1.54, 1.807) is 26.0 Å². The number of thioether (sulfide) groups is 1. The van der Waals surface area contributed by atoms with Crippen molar-refractivity contribution in [1.82, 2.24) is 10.2 Å². The lowest BCUT2D eigenvalue weighted by Gasteiger charge is -2.28. The summed E-state index contributed by atoms with van der Waals surface area (Å²) >= 11 is 1.76. The molecule has 0 aliphatic carbocycles. The monoisotopic (exact) mass is 324 g/mol. The Hall–Kier alpha value is -0.910. The van der Waals surface area contributed by atoms with Crippen molar-refractivity contribution >= 4 is 11.8 Å². The van der Waals surface area contributed by atoms with Gasteiger partial charge in [0, 0.05) is 18.0 Å². The van der Waals surface area contributed by atoms with Crippen molar-refractivity contribution in [3.05, 3.63) is 17.7 Å². The highest BCUT2D eigenvalue weighted by molar-refractivity contribution is 7.98. The van der Waals surface area contributed by atoms with Crippen LogP contribution in [0, 0.1) is 5.92 Å². The maximum atomic E-state index is 5.45. The fourth-order valence-electron chi connectivity index (χ4n) is 3.09. The van der Waals surface area contributed by atoms with Gasteiger partial charge in [-0.2, -0.15) is 0 Å². The molecular formula is C17H28N2O2S. The minimum Gasteiger partial charge on any atom is -0.493 e. The summed E-state index contributed by atoms with van der Waals surface area (Å²) in [4.78, 5) is 3.67. The highest BCUT2D eigenvalue weighted by atomic mass is 32.2. The summed E-state index contributed by atoms with van der Waals surface area (Å²) in [5.74, 6) is 2.37. The third-order valence-electron chi connectivity index (χ3n) is 4.20. The lowest BCUT2D eigenvalue weighted by Crippen LogP contribution is -2.36. The molecule has 1 saturated heterocycles. The van der Waals surface area contributed by atoms with E-state index in [-0.39, 0.29) is 0 Å². The Morgan fingerprint density at radius 3 is 2.59 bits per heavy atom. The van der Waals surface area contributed by atoms with Gasteiger partial charge in [-0.3, -0.25) is 0 Å². The molecule has 1 aromatic carbocycles. The number of nitrogens with one attached hydrogen (secondary N) is 1. The van der Waals surface area contributed by atoms with E-state index < -0.39 is 0 Å². The third kappa shape index (κ3) is 4.54. The molecule has 0 amide bonds. The zero-order valence-electron chi connectivity index (χ0n) is 14.1. The van der Waals surface area contributed by atoms with Crippen LogP contribution in [0.2, 0.25) is 0 Å². The highest BCUT2D eigenvalue weighted by Crippen LogP contribution is 2.35. The second-order valence-electron chi connectivity index (χ2n) is 5.93. The van der Waals surface area contributed by atoms with Crippen LogP contribution >= 0.6 is 11.8 Å². The van der Waals surface area contributed by atoms with Crippen molar-refractivity contribution in [2.24, 2.45) is 5.92 Å². The van der Waals surface area contributed by atoms with Crippen molar-refractivity contribution in [3.8, 4) is 11.5 Å². The Balaban J connectivity index is 2.06. The normalized spacial score (nSPS) is 18.5. The Kier molecular flexibility index (Phi) is 6.86. The van der Waals surface area contributed by atoms with Gasteiger partial charge in [0.25, 0.3) is 0 Å². The van der Waals surface area contributed by atoms with Crippen LogP contribution < -0.4 is 14.8 Å². The number of benzene rings is 1. The van der Waals surface area contributed by atoms with Crippen molar-refractivity contribution in [2.75, 3.05) is 47.2 Å². The van der Waals surface area contributed by atoms with Gasteiger partial charge in [-0.1, -0.05) is 0 Å². The van der Waals surface area contributed by atoms with Gasteiger partial charge in [0.15, 0.2) is 11.5 Å². The van der Waals surface area contributed by atoms with Crippen LogP contribution in [0.25, 0.3) is 0 Å². The molecule has 4 nitrogen and oxygen atoms in total. The number of ether oxygens (including phenoxy) is 2. The summed E-state index contributed by atoms with van der Waals surface area (Å²) in [5, 5.41) is 3.49. The van der Waals surface area contributed by atoms with Crippen LogP contribution in [0.4, 0.5) is 0 Å². The largest absolute Gasteiger partial charge is 0.493 e. The van der Waals surface area contributed by atoms with E-state index in [0.29, 0.717) is 0 Å². The van der Waals surface area contributed by atoms with Gasteiger partial charge in [0.2, 0.25) is 0 Å². The second kappa shape index (κ2) is 8.65. The Labute approximate surface area is 138 Å². The number of hydrogen-bond acceptors (Lipinski definition) is 5. The number of methoxy groups -OCH3 is 2. The molecule has 5 heteroatoms. The molecular weight excluding hydrogens is 296 g/mol. The quantitative estimate of drug-likeness (QED) is 0.780. The van der Waals surface area contributed by atoms with Gasteiger partial charge in [0.1, 0.15) is 0 Å². The summed E-state index contributed by atoms with van der Waals surface area (Å²) in [6.45, 7) is 4.39. The Morgan fingerprint density at radius 2 is 2.00 bits per heavy atom. The number of piperidine rings is 1. The SMILES string of the molecule is COc1cc(CN(C)CC2CCCNC2)c(SC)cc1OC. The van der Waals surface area contributed by atoms with Crippen LogP contribution in [0.3, 0.4) is 0 Å². The van der Waals surface area contributed by atoms with Gasteiger partial charge in [-0.25, -0.2) is 0 Å². The lowest BCUT2D eigenvalue weighted by atomic mass is 9.99. The molecule has 1 aliphatic rings. The molecule has 22 heavy (non-hydrogen) atoms. The van der Waals surface area contributed by atoms with Crippen LogP contribution in [-0.2, 0) is 6.54 Å². The van der Waals surface area contributed by atoms with Crippen LogP contribution in [0.1, 0.15) is 18.4 Å². The van der Waals surface area contributed by atoms with E-state index in [2.05, 4.69) is 35.7 Å². The van der Waals surface area contributed by atoms with E-state index in [4.69, 9.17) is 9.47 Å². The van der Waals surface area contributed by atoms with E-state index in [1.807, 2.05) is 0 Å². The summed E-state index contributed by atoms with van der Waals surface area (Å²) in [6.07, 6.45) is 4.74. The van der Waals surface area contributed by atoms with Gasteiger partial charge >= 0.3 is 0 Å². The number of hydrogen-bond donors (Lipinski definition) is 1. The van der Waals surface area contributed by atoms with Crippen molar-refractivity contribution in [3.63, 3.8) is 0 Å². The molecule has 0 radical (unpaired) electrons. The first-order valence-corrected chi connectivity index (χ1v) is 9.08. The Morgan fingerprint density at radius 1 is 1.27 bits per heavy atom. The molecule has 1 aliphatic heterocycles. The third-order valence-corrected chi connectivity index (χ3v) is 5.02. The van der Waals surface area contributed by atoms with Crippen molar-refractivity contribution in [1.29, 1.82) is 0 Å². The second-order valence-corrected chi connectivity index (χ2v) is 6.78. The zero-order valence-corrected chi connectivity index (χ0v) is 15.0. The molecule has 1 unspecified atom stereocenters. The fraction of sp³-hybridized carbons (Fsp3) is 0.647. The average Bonchev–Trinajstić information content (AvgIpc) is 2.55. The maximum Gasteiger partial charge on any atom is 0.161 e. The average molecular weight is 324 g/mol.